The van der Waals surface area contributed by atoms with Gasteiger partial charge in [0.05, 0.1) is 12.8 Å². The number of nitrogens with one attached hydrogen (secondary N) is 4. The predicted molar refractivity (Wildman–Crippen MR) is 277 cm³/mol. The molecule has 17 nitrogen and oxygen atoms in total. The van der Waals surface area contributed by atoms with Gasteiger partial charge in [-0.25, -0.2) is 14.4 Å². The number of aromatic nitrogens is 6. The predicted octanol–water partition coefficient (Wildman–Crippen LogP) is 9.42. The fraction of sp³-hybridized carbons (Fsp3) is 0.264. The van der Waals surface area contributed by atoms with Gasteiger partial charge in [-0.05, 0) is 118 Å². The number of rotatable bonds is 21. The third-order valence-electron chi connectivity index (χ3n) is 11.5. The van der Waals surface area contributed by atoms with Crippen molar-refractivity contribution < 1.29 is 32.2 Å². The first-order chi connectivity index (χ1) is 34.3. The number of benzene rings is 5. The second kappa shape index (κ2) is 24.0. The molecule has 71 heavy (non-hydrogen) atoms. The van der Waals surface area contributed by atoms with Crippen LogP contribution in [0.1, 0.15) is 66.9 Å². The van der Waals surface area contributed by atoms with E-state index >= 15 is 0 Å². The average Bonchev–Trinajstić information content (AvgIpc) is 4.13. The van der Waals surface area contributed by atoms with E-state index in [0.29, 0.717) is 53.7 Å². The normalized spacial score (nSPS) is 12.2. The van der Waals surface area contributed by atoms with Crippen LogP contribution in [0, 0.1) is 20.8 Å². The van der Waals surface area contributed by atoms with Gasteiger partial charge in [0.25, 0.3) is 17.2 Å². The fourth-order valence-corrected chi connectivity index (χ4v) is 8.21. The Kier molecular flexibility index (Phi) is 17.2. The molecular formula is C53H60N10O7S. The number of H-pyrrole nitrogens is 1. The monoisotopic (exact) mass is 980 g/mol. The number of methoxy groups -OCH3 is 1. The molecule has 4 N–H and O–H groups in total. The first kappa shape index (κ1) is 50.9. The summed E-state index contributed by atoms with van der Waals surface area (Å²) in [6, 6.07) is 35.7. The summed E-state index contributed by atoms with van der Waals surface area (Å²) in [5.41, 5.74) is 9.03. The van der Waals surface area contributed by atoms with E-state index in [9.17, 15) is 13.8 Å². The van der Waals surface area contributed by atoms with Crippen molar-refractivity contribution in [2.45, 2.75) is 66.4 Å². The Labute approximate surface area is 416 Å². The molecular weight excluding hydrogens is 921 g/mol. The topological polar surface area (TPSA) is 191 Å². The van der Waals surface area contributed by atoms with Crippen LogP contribution in [-0.4, -0.2) is 79.5 Å². The first-order valence-electron chi connectivity index (χ1n) is 23.2. The summed E-state index contributed by atoms with van der Waals surface area (Å²) in [5, 5.41) is 18.1. The zero-order valence-electron chi connectivity index (χ0n) is 41.1. The van der Waals surface area contributed by atoms with Gasteiger partial charge < -0.3 is 33.9 Å². The fourth-order valence-electron chi connectivity index (χ4n) is 7.47. The summed E-state index contributed by atoms with van der Waals surface area (Å²) in [6.07, 6.45) is 4.61. The number of amides is 2. The molecule has 0 aliphatic carbocycles. The Hall–Kier alpha value is -7.96. The molecule has 370 valence electrons. The van der Waals surface area contributed by atoms with E-state index in [1.54, 1.807) is 65.1 Å². The molecule has 0 fully saturated rings. The molecule has 0 radical (unpaired) electrons. The van der Waals surface area contributed by atoms with Crippen molar-refractivity contribution in [3.63, 3.8) is 0 Å². The highest BCUT2D eigenvalue weighted by Gasteiger charge is 2.24. The minimum Gasteiger partial charge on any atom is -0.497 e. The molecule has 0 saturated carbocycles. The number of hydrogen-bond donors (Lipinski definition) is 4. The molecule has 3 unspecified atom stereocenters. The lowest BCUT2D eigenvalue weighted by Crippen LogP contribution is -2.32. The van der Waals surface area contributed by atoms with Gasteiger partial charge in [0.15, 0.2) is 23.4 Å². The van der Waals surface area contributed by atoms with Gasteiger partial charge in [0.1, 0.15) is 22.9 Å². The lowest BCUT2D eigenvalue weighted by Gasteiger charge is -2.19. The standard InChI is InChI=1S/C42H44N8O6S.C11H16N2O/c1-6-35(55-36-19-13-27(2)23-28(36)3)42(51)45-31-14-20-37(54-33-17-15-32(53-5)16-18-33)38(25-31)56-57(52)44-26-29(4)40-46-41-39(49-22-10-21-43-49)34(47-50(41)48-40)24-30-11-8-7-9-12-30;1-4-13(3)10-5-6-11(12-8-14)9(2)7-10/h7-23,25,29,35,44,47H,6,24,26H2,1-5H3,(H,45,51);5-8H,4H2,1-3H3,(H,12,14). The van der Waals surface area contributed by atoms with Crippen molar-refractivity contribution in [2.75, 3.05) is 42.8 Å². The average molecular weight is 981 g/mol. The highest BCUT2D eigenvalue weighted by Crippen LogP contribution is 2.36. The van der Waals surface area contributed by atoms with Crippen LogP contribution in [0.3, 0.4) is 0 Å². The van der Waals surface area contributed by atoms with E-state index in [-0.39, 0.29) is 29.9 Å². The minimum absolute atomic E-state index is 0.133. The maximum atomic E-state index is 13.5. The minimum atomic E-state index is -2.04. The summed E-state index contributed by atoms with van der Waals surface area (Å²) >= 11 is -2.04. The van der Waals surface area contributed by atoms with Gasteiger partial charge in [0.2, 0.25) is 12.1 Å². The highest BCUT2D eigenvalue weighted by molar-refractivity contribution is 7.78. The van der Waals surface area contributed by atoms with Crippen LogP contribution >= 0.6 is 0 Å². The van der Waals surface area contributed by atoms with Crippen molar-refractivity contribution in [3.8, 4) is 34.4 Å². The number of anilines is 3. The van der Waals surface area contributed by atoms with Crippen LogP contribution in [0.25, 0.3) is 11.3 Å². The van der Waals surface area contributed by atoms with Crippen molar-refractivity contribution in [1.29, 1.82) is 0 Å². The first-order valence-corrected chi connectivity index (χ1v) is 24.3. The summed E-state index contributed by atoms with van der Waals surface area (Å²) in [7, 11) is 3.63. The Morgan fingerprint density at radius 2 is 1.65 bits per heavy atom. The number of aromatic amines is 1. The van der Waals surface area contributed by atoms with E-state index in [0.717, 1.165) is 45.9 Å². The molecule has 0 saturated heterocycles. The van der Waals surface area contributed by atoms with E-state index in [4.69, 9.17) is 28.5 Å². The van der Waals surface area contributed by atoms with Gasteiger partial charge >= 0.3 is 0 Å². The lowest BCUT2D eigenvalue weighted by molar-refractivity contribution is -0.122. The maximum absolute atomic E-state index is 13.5. The van der Waals surface area contributed by atoms with Gasteiger partial charge in [0, 0.05) is 68.0 Å². The summed E-state index contributed by atoms with van der Waals surface area (Å²) in [6.45, 7) is 13.0. The number of fused-ring (bicyclic) bond motifs is 1. The molecule has 5 aromatic carbocycles. The molecule has 3 aromatic heterocycles. The van der Waals surface area contributed by atoms with Crippen LogP contribution in [0.5, 0.6) is 28.7 Å². The van der Waals surface area contributed by atoms with E-state index in [1.807, 2.05) is 102 Å². The lowest BCUT2D eigenvalue weighted by atomic mass is 10.1. The molecule has 0 bridgehead atoms. The van der Waals surface area contributed by atoms with Crippen LogP contribution < -0.4 is 38.6 Å². The van der Waals surface area contributed by atoms with Crippen LogP contribution in [0.4, 0.5) is 17.1 Å². The molecule has 0 spiro atoms. The summed E-state index contributed by atoms with van der Waals surface area (Å²) in [5.74, 6) is 2.15. The SMILES string of the molecule is CCC(Oc1ccc(C)cc1C)C(=O)Nc1ccc(Oc2ccc(OC)cc2)c(OS(=O)NCC(C)c2nc3c(-n4cccn4)c(Cc4ccccc4)[nH]n3n2)c1.CCN(C)c1ccc(NC=O)c(C)c1. The summed E-state index contributed by atoms with van der Waals surface area (Å²) in [4.78, 5) is 30.7. The van der Waals surface area contributed by atoms with E-state index in [1.165, 1.54) is 5.69 Å². The Balaban J connectivity index is 0.000000457. The van der Waals surface area contributed by atoms with E-state index < -0.39 is 17.4 Å². The molecule has 3 atom stereocenters. The number of ether oxygens (including phenoxy) is 3. The van der Waals surface area contributed by atoms with Crippen LogP contribution in [-0.2, 0) is 27.3 Å². The second-order valence-corrected chi connectivity index (χ2v) is 17.7. The molecule has 3 heterocycles. The van der Waals surface area contributed by atoms with Gasteiger partial charge in [-0.2, -0.15) is 13.9 Å². The zero-order valence-corrected chi connectivity index (χ0v) is 42.0. The third-order valence-corrected chi connectivity index (χ3v) is 12.3. The number of aryl methyl sites for hydroxylation is 3. The third kappa shape index (κ3) is 13.2. The molecule has 0 aliphatic heterocycles. The molecule has 8 aromatic rings. The quantitative estimate of drug-likeness (QED) is 0.0502. The van der Waals surface area contributed by atoms with Crippen molar-refractivity contribution >= 4 is 46.3 Å². The number of hydrogen-bond acceptors (Lipinski definition) is 11. The molecule has 18 heteroatoms. The largest absolute Gasteiger partial charge is 0.497 e. The van der Waals surface area contributed by atoms with Gasteiger partial charge in [-0.15, -0.1) is 5.10 Å². The summed E-state index contributed by atoms with van der Waals surface area (Å²) < 4.78 is 43.3. The Morgan fingerprint density at radius 3 is 2.32 bits per heavy atom. The van der Waals surface area contributed by atoms with Crippen molar-refractivity contribution in [1.82, 2.24) is 34.3 Å². The maximum Gasteiger partial charge on any atom is 0.288 e. The van der Waals surface area contributed by atoms with Crippen molar-refractivity contribution in [3.05, 3.63) is 161 Å². The zero-order chi connectivity index (χ0) is 50.4. The van der Waals surface area contributed by atoms with E-state index in [2.05, 4.69) is 55.6 Å². The number of nitrogens with zero attached hydrogens (tertiary/aromatic N) is 6. The molecule has 2 amide bonds. The Morgan fingerprint density at radius 1 is 0.887 bits per heavy atom. The van der Waals surface area contributed by atoms with Crippen molar-refractivity contribution in [2.24, 2.45) is 0 Å². The number of carbonyl (C=O) groups is 2. The van der Waals surface area contributed by atoms with Gasteiger partial charge in [-0.3, -0.25) is 14.7 Å². The molecule has 8 rings (SSSR count). The highest BCUT2D eigenvalue weighted by atomic mass is 32.2. The Bertz CT molecular complexity index is 3050. The smallest absolute Gasteiger partial charge is 0.288 e. The van der Waals surface area contributed by atoms with Gasteiger partial charge in [-0.1, -0.05) is 61.9 Å². The van der Waals surface area contributed by atoms with Crippen LogP contribution in [0.2, 0.25) is 0 Å². The van der Waals surface area contributed by atoms with Crippen LogP contribution in [0.15, 0.2) is 128 Å². The molecule has 0 aliphatic rings. The number of carbonyl (C=O) groups excluding carboxylic acids is 2. The second-order valence-electron chi connectivity index (χ2n) is 16.8.